The highest BCUT2D eigenvalue weighted by atomic mass is 19.4. The Morgan fingerprint density at radius 1 is 0.933 bits per heavy atom. The van der Waals surface area contributed by atoms with Gasteiger partial charge in [-0.3, -0.25) is 9.48 Å². The normalized spacial score (nSPS) is 11.4. The summed E-state index contributed by atoms with van der Waals surface area (Å²) in [7, 11) is 0. The molecule has 2 aromatic heterocycles. The van der Waals surface area contributed by atoms with Gasteiger partial charge in [0.1, 0.15) is 12.4 Å². The van der Waals surface area contributed by atoms with Gasteiger partial charge in [0.2, 0.25) is 5.91 Å². The smallest absolute Gasteiger partial charge is 0.309 e. The van der Waals surface area contributed by atoms with E-state index in [1.54, 1.807) is 10.7 Å². The van der Waals surface area contributed by atoms with Crippen LogP contribution in [-0.4, -0.2) is 25.5 Å². The zero-order valence-electron chi connectivity index (χ0n) is 15.5. The van der Waals surface area contributed by atoms with Crippen LogP contribution in [0.25, 0.3) is 16.9 Å². The molecule has 0 radical (unpaired) electrons. The van der Waals surface area contributed by atoms with E-state index in [-0.39, 0.29) is 6.54 Å². The summed E-state index contributed by atoms with van der Waals surface area (Å²) >= 11 is 0. The van der Waals surface area contributed by atoms with Crippen molar-refractivity contribution in [1.29, 1.82) is 0 Å². The summed E-state index contributed by atoms with van der Waals surface area (Å²) in [5, 5.41) is 10.7. The first-order valence-electron chi connectivity index (χ1n) is 9.01. The number of benzene rings is 2. The van der Waals surface area contributed by atoms with Gasteiger partial charge in [-0.1, -0.05) is 48.5 Å². The lowest BCUT2D eigenvalue weighted by molar-refractivity contribution is -0.141. The minimum atomic E-state index is -4.56. The molecule has 4 rings (SSSR count). The number of carbonyl (C=O) groups is 1. The molecule has 0 spiro atoms. The fourth-order valence-electron chi connectivity index (χ4n) is 2.92. The molecule has 4 aromatic rings. The van der Waals surface area contributed by atoms with Gasteiger partial charge >= 0.3 is 6.18 Å². The van der Waals surface area contributed by atoms with Crippen LogP contribution >= 0.6 is 0 Å². The zero-order valence-corrected chi connectivity index (χ0v) is 15.5. The van der Waals surface area contributed by atoms with E-state index in [1.807, 2.05) is 60.7 Å². The largest absolute Gasteiger partial charge is 0.435 e. The molecule has 1 amide bonds. The molecule has 0 aliphatic heterocycles. The maximum absolute atomic E-state index is 12.7. The Labute approximate surface area is 169 Å². The summed E-state index contributed by atoms with van der Waals surface area (Å²) in [6.45, 7) is -0.364. The maximum atomic E-state index is 12.7. The average Bonchev–Trinajstić information content (AvgIpc) is 3.36. The number of carbonyl (C=O) groups excluding carboxylic acids is 1. The fourth-order valence-corrected chi connectivity index (χ4v) is 2.92. The van der Waals surface area contributed by atoms with Crippen molar-refractivity contribution in [2.75, 3.05) is 5.32 Å². The topological polar surface area (TPSA) is 64.7 Å². The van der Waals surface area contributed by atoms with Crippen LogP contribution in [0, 0.1) is 0 Å². The van der Waals surface area contributed by atoms with Crippen LogP contribution < -0.4 is 5.32 Å². The van der Waals surface area contributed by atoms with Gasteiger partial charge in [-0.15, -0.1) is 0 Å². The van der Waals surface area contributed by atoms with E-state index < -0.39 is 17.8 Å². The lowest BCUT2D eigenvalue weighted by Gasteiger charge is -2.09. The van der Waals surface area contributed by atoms with Crippen molar-refractivity contribution in [3.8, 4) is 16.9 Å². The molecule has 1 N–H and O–H groups in total. The summed E-state index contributed by atoms with van der Waals surface area (Å²) in [4.78, 5) is 12.5. The number of hydrogen-bond donors (Lipinski definition) is 1. The second-order valence-electron chi connectivity index (χ2n) is 6.47. The average molecular weight is 411 g/mol. The number of amides is 1. The van der Waals surface area contributed by atoms with E-state index in [4.69, 9.17) is 0 Å². The summed E-state index contributed by atoms with van der Waals surface area (Å²) in [5.41, 5.74) is 1.20. The van der Waals surface area contributed by atoms with Crippen molar-refractivity contribution in [3.63, 3.8) is 0 Å². The van der Waals surface area contributed by atoms with Crippen molar-refractivity contribution < 1.29 is 18.0 Å². The van der Waals surface area contributed by atoms with Crippen LogP contribution in [-0.2, 0) is 17.5 Å². The van der Waals surface area contributed by atoms with Gasteiger partial charge in [0.05, 0.1) is 11.4 Å². The molecule has 0 saturated carbocycles. The van der Waals surface area contributed by atoms with Gasteiger partial charge < -0.3 is 5.32 Å². The molecule has 0 aliphatic rings. The van der Waals surface area contributed by atoms with Gasteiger partial charge in [-0.2, -0.15) is 23.4 Å². The molecule has 2 heterocycles. The molecular formula is C21H16F3N5O. The van der Waals surface area contributed by atoms with Crippen molar-refractivity contribution in [2.24, 2.45) is 0 Å². The molecule has 0 atom stereocenters. The first kappa shape index (κ1) is 19.4. The molecule has 0 saturated heterocycles. The third-order valence-electron chi connectivity index (χ3n) is 4.28. The third kappa shape index (κ3) is 4.24. The van der Waals surface area contributed by atoms with Gasteiger partial charge in [0, 0.05) is 17.8 Å². The molecule has 6 nitrogen and oxygen atoms in total. The van der Waals surface area contributed by atoms with Gasteiger partial charge in [-0.25, -0.2) is 4.68 Å². The lowest BCUT2D eigenvalue weighted by atomic mass is 10.2. The number of aromatic nitrogens is 4. The van der Waals surface area contributed by atoms with E-state index in [9.17, 15) is 18.0 Å². The lowest BCUT2D eigenvalue weighted by Crippen LogP contribution is -2.21. The van der Waals surface area contributed by atoms with Crippen LogP contribution in [0.4, 0.5) is 19.0 Å². The van der Waals surface area contributed by atoms with Crippen molar-refractivity contribution in [1.82, 2.24) is 19.6 Å². The van der Waals surface area contributed by atoms with Crippen molar-refractivity contribution in [3.05, 3.63) is 84.7 Å². The molecule has 0 bridgehead atoms. The number of halogens is 3. The number of alkyl halides is 3. The van der Waals surface area contributed by atoms with Crippen LogP contribution in [0.15, 0.2) is 79.0 Å². The Balaban J connectivity index is 1.60. The standard InChI is InChI=1S/C21H16F3N5O/c22-21(23,24)18-11-12-28(27-18)14-20(30)25-19-13-17(15-7-3-1-4-8-15)26-29(19)16-9-5-2-6-10-16/h1-13H,14H2,(H,25,30). The van der Waals surface area contributed by atoms with Crippen LogP contribution in [0.2, 0.25) is 0 Å². The molecule has 0 unspecified atom stereocenters. The number of hydrogen-bond acceptors (Lipinski definition) is 3. The van der Waals surface area contributed by atoms with Crippen LogP contribution in [0.1, 0.15) is 5.69 Å². The summed E-state index contributed by atoms with van der Waals surface area (Å²) in [6.07, 6.45) is -3.44. The van der Waals surface area contributed by atoms with E-state index >= 15 is 0 Å². The molecule has 30 heavy (non-hydrogen) atoms. The predicted molar refractivity (Wildman–Crippen MR) is 105 cm³/mol. The Hall–Kier alpha value is -3.88. The minimum absolute atomic E-state index is 0.364. The van der Waals surface area contributed by atoms with Crippen molar-refractivity contribution >= 4 is 11.7 Å². The predicted octanol–water partition coefficient (Wildman–Crippen LogP) is 4.39. The third-order valence-corrected chi connectivity index (χ3v) is 4.28. The molecule has 9 heteroatoms. The number of nitrogens with zero attached hydrogens (tertiary/aromatic N) is 4. The highest BCUT2D eigenvalue weighted by molar-refractivity contribution is 5.90. The number of para-hydroxylation sites is 1. The van der Waals surface area contributed by atoms with Crippen LogP contribution in [0.5, 0.6) is 0 Å². The summed E-state index contributed by atoms with van der Waals surface area (Å²) < 4.78 is 40.6. The molecule has 2 aromatic carbocycles. The highest BCUT2D eigenvalue weighted by Crippen LogP contribution is 2.27. The SMILES string of the molecule is O=C(Cn1ccc(C(F)(F)F)n1)Nc1cc(-c2ccccc2)nn1-c1ccccc1. The summed E-state index contributed by atoms with van der Waals surface area (Å²) in [5.74, 6) is -0.128. The van der Waals surface area contributed by atoms with Gasteiger partial charge in [0.15, 0.2) is 5.69 Å². The van der Waals surface area contributed by atoms with Gasteiger partial charge in [0.25, 0.3) is 0 Å². The van der Waals surface area contributed by atoms with Gasteiger partial charge in [-0.05, 0) is 18.2 Å². The van der Waals surface area contributed by atoms with Crippen molar-refractivity contribution in [2.45, 2.75) is 12.7 Å². The second kappa shape index (κ2) is 7.86. The number of rotatable bonds is 5. The first-order chi connectivity index (χ1) is 14.4. The first-order valence-corrected chi connectivity index (χ1v) is 9.01. The Bertz CT molecular complexity index is 1150. The Morgan fingerprint density at radius 3 is 2.23 bits per heavy atom. The van der Waals surface area contributed by atoms with E-state index in [2.05, 4.69) is 15.5 Å². The molecule has 0 aliphatic carbocycles. The molecular weight excluding hydrogens is 395 g/mol. The molecule has 152 valence electrons. The molecule has 0 fully saturated rings. The quantitative estimate of drug-likeness (QED) is 0.530. The monoisotopic (exact) mass is 411 g/mol. The number of anilines is 1. The fraction of sp³-hybridized carbons (Fsp3) is 0.0952. The zero-order chi connectivity index (χ0) is 21.1. The van der Waals surface area contributed by atoms with E-state index in [1.165, 1.54) is 0 Å². The second-order valence-corrected chi connectivity index (χ2v) is 6.47. The maximum Gasteiger partial charge on any atom is 0.435 e. The minimum Gasteiger partial charge on any atom is -0.309 e. The van der Waals surface area contributed by atoms with Crippen LogP contribution in [0.3, 0.4) is 0 Å². The highest BCUT2D eigenvalue weighted by Gasteiger charge is 2.33. The Morgan fingerprint density at radius 2 is 1.60 bits per heavy atom. The number of nitrogens with one attached hydrogen (secondary N) is 1. The van der Waals surface area contributed by atoms with E-state index in [0.29, 0.717) is 11.5 Å². The Kier molecular flexibility index (Phi) is 5.09. The van der Waals surface area contributed by atoms with E-state index in [0.717, 1.165) is 28.2 Å². The summed E-state index contributed by atoms with van der Waals surface area (Å²) in [6, 6.07) is 21.2.